The van der Waals surface area contributed by atoms with E-state index in [4.69, 9.17) is 4.99 Å². The molecule has 152 valence electrons. The van der Waals surface area contributed by atoms with Gasteiger partial charge < -0.3 is 20.1 Å². The zero-order valence-corrected chi connectivity index (χ0v) is 18.6. The first-order chi connectivity index (χ1) is 13.6. The largest absolute Gasteiger partial charge is 0.368 e. The van der Waals surface area contributed by atoms with Crippen LogP contribution in [-0.4, -0.2) is 41.2 Å². The third-order valence-electron chi connectivity index (χ3n) is 4.81. The molecule has 0 bridgehead atoms. The molecule has 1 saturated heterocycles. The van der Waals surface area contributed by atoms with Crippen LogP contribution in [0.4, 0.5) is 5.69 Å². The minimum atomic E-state index is 0.375. The first kappa shape index (κ1) is 20.7. The fraction of sp³-hybridized carbons (Fsp3) is 0.524. The van der Waals surface area contributed by atoms with E-state index in [9.17, 15) is 0 Å². The maximum absolute atomic E-state index is 4.79. The topological polar surface area (TPSA) is 57.5 Å². The van der Waals surface area contributed by atoms with E-state index in [1.807, 2.05) is 12.4 Å². The summed E-state index contributed by atoms with van der Waals surface area (Å²) in [6.45, 7) is 10.9. The Morgan fingerprint density at radius 2 is 2.18 bits per heavy atom. The third-order valence-corrected chi connectivity index (χ3v) is 5.48. The van der Waals surface area contributed by atoms with Crippen molar-refractivity contribution in [2.45, 2.75) is 46.3 Å². The Balaban J connectivity index is 1.61. The summed E-state index contributed by atoms with van der Waals surface area (Å²) >= 11 is 3.67. The first-order valence-electron chi connectivity index (χ1n) is 10.1. The van der Waals surface area contributed by atoms with Crippen molar-refractivity contribution in [2.24, 2.45) is 10.9 Å². The molecule has 0 aliphatic carbocycles. The van der Waals surface area contributed by atoms with Gasteiger partial charge in [-0.25, -0.2) is 9.98 Å². The second-order valence-corrected chi connectivity index (χ2v) is 8.47. The molecule has 1 fully saturated rings. The SMILES string of the molecule is CCNC(=NCc1nccn1CC(C)C)NC1CCN(c2ccccc2Br)C1. The molecule has 1 aliphatic heterocycles. The van der Waals surface area contributed by atoms with Crippen molar-refractivity contribution < 1.29 is 0 Å². The van der Waals surface area contributed by atoms with Crippen LogP contribution in [0.25, 0.3) is 0 Å². The number of benzene rings is 1. The van der Waals surface area contributed by atoms with Gasteiger partial charge in [0.15, 0.2) is 5.96 Å². The summed E-state index contributed by atoms with van der Waals surface area (Å²) in [5, 5.41) is 6.98. The summed E-state index contributed by atoms with van der Waals surface area (Å²) < 4.78 is 3.34. The number of para-hydroxylation sites is 1. The summed E-state index contributed by atoms with van der Waals surface area (Å²) in [6, 6.07) is 8.78. The Morgan fingerprint density at radius 3 is 2.93 bits per heavy atom. The van der Waals surface area contributed by atoms with E-state index >= 15 is 0 Å². The Labute approximate surface area is 176 Å². The molecule has 1 atom stereocenters. The number of hydrogen-bond acceptors (Lipinski definition) is 3. The Morgan fingerprint density at radius 1 is 1.36 bits per heavy atom. The van der Waals surface area contributed by atoms with Crippen molar-refractivity contribution in [1.29, 1.82) is 0 Å². The highest BCUT2D eigenvalue weighted by Gasteiger charge is 2.24. The van der Waals surface area contributed by atoms with E-state index in [-0.39, 0.29) is 0 Å². The van der Waals surface area contributed by atoms with Crippen molar-refractivity contribution in [1.82, 2.24) is 20.2 Å². The van der Waals surface area contributed by atoms with Crippen molar-refractivity contribution >= 4 is 27.6 Å². The van der Waals surface area contributed by atoms with Crippen molar-refractivity contribution in [3.63, 3.8) is 0 Å². The average Bonchev–Trinajstić information content (AvgIpc) is 3.29. The molecule has 2 aromatic rings. The van der Waals surface area contributed by atoms with Crippen molar-refractivity contribution in [2.75, 3.05) is 24.5 Å². The Bertz CT molecular complexity index is 785. The number of nitrogens with zero attached hydrogens (tertiary/aromatic N) is 4. The molecule has 7 heteroatoms. The van der Waals surface area contributed by atoms with Crippen molar-refractivity contribution in [3.05, 3.63) is 47.0 Å². The number of aliphatic imine (C=N–C) groups is 1. The Kier molecular flexibility index (Phi) is 7.36. The molecule has 1 aliphatic rings. The lowest BCUT2D eigenvalue weighted by molar-refractivity contribution is 0.507. The molecular formula is C21H31BrN6. The summed E-state index contributed by atoms with van der Waals surface area (Å²) in [5.74, 6) is 2.46. The number of nitrogens with one attached hydrogen (secondary N) is 2. The van der Waals surface area contributed by atoms with Crippen LogP contribution in [0.1, 0.15) is 33.0 Å². The highest BCUT2D eigenvalue weighted by Crippen LogP contribution is 2.28. The van der Waals surface area contributed by atoms with Gasteiger partial charge in [0.1, 0.15) is 12.4 Å². The third kappa shape index (κ3) is 5.50. The molecule has 1 aromatic heterocycles. The zero-order valence-electron chi connectivity index (χ0n) is 17.0. The van der Waals surface area contributed by atoms with E-state index < -0.39 is 0 Å². The lowest BCUT2D eigenvalue weighted by Crippen LogP contribution is -2.44. The monoisotopic (exact) mass is 446 g/mol. The van der Waals surface area contributed by atoms with E-state index in [1.54, 1.807) is 0 Å². The predicted molar refractivity (Wildman–Crippen MR) is 120 cm³/mol. The fourth-order valence-corrected chi connectivity index (χ4v) is 4.06. The molecule has 2 heterocycles. The molecule has 0 saturated carbocycles. The summed E-state index contributed by atoms with van der Waals surface area (Å²) in [6.07, 6.45) is 4.99. The molecule has 28 heavy (non-hydrogen) atoms. The van der Waals surface area contributed by atoms with Crippen LogP contribution in [0, 0.1) is 5.92 Å². The van der Waals surface area contributed by atoms with E-state index in [0.29, 0.717) is 18.5 Å². The lowest BCUT2D eigenvalue weighted by Gasteiger charge is -2.21. The molecule has 6 nitrogen and oxygen atoms in total. The Hall–Kier alpha value is -2.02. The molecule has 3 rings (SSSR count). The predicted octanol–water partition coefficient (Wildman–Crippen LogP) is 3.64. The van der Waals surface area contributed by atoms with Gasteiger partial charge in [0.25, 0.3) is 0 Å². The standard InChI is InChI=1S/C21H31BrN6/c1-4-23-21(25-13-20-24-10-12-28(20)14-16(2)3)26-17-9-11-27(15-17)19-8-6-5-7-18(19)22/h5-8,10,12,16-17H,4,9,11,13-15H2,1-3H3,(H2,23,25,26). The van der Waals surface area contributed by atoms with Gasteiger partial charge in [0.05, 0.1) is 5.69 Å². The van der Waals surface area contributed by atoms with E-state index in [0.717, 1.165) is 48.9 Å². The van der Waals surface area contributed by atoms with E-state index in [1.165, 1.54) is 5.69 Å². The highest BCUT2D eigenvalue weighted by molar-refractivity contribution is 9.10. The molecule has 1 aromatic carbocycles. The molecule has 2 N–H and O–H groups in total. The molecule has 1 unspecified atom stereocenters. The van der Waals surface area contributed by atoms with Crippen LogP contribution >= 0.6 is 15.9 Å². The van der Waals surface area contributed by atoms with Gasteiger partial charge in [0.2, 0.25) is 0 Å². The minimum absolute atomic E-state index is 0.375. The molecule has 0 amide bonds. The summed E-state index contributed by atoms with van der Waals surface area (Å²) in [4.78, 5) is 11.7. The number of guanidine groups is 1. The average molecular weight is 447 g/mol. The van der Waals surface area contributed by atoms with Crippen LogP contribution in [0.2, 0.25) is 0 Å². The van der Waals surface area contributed by atoms with Gasteiger partial charge in [-0.3, -0.25) is 0 Å². The van der Waals surface area contributed by atoms with Crippen LogP contribution in [0.15, 0.2) is 46.1 Å². The number of imidazole rings is 1. The van der Waals surface area contributed by atoms with Crippen LogP contribution in [0.3, 0.4) is 0 Å². The summed E-state index contributed by atoms with van der Waals surface area (Å²) in [7, 11) is 0. The van der Waals surface area contributed by atoms with Gasteiger partial charge in [0, 0.05) is 49.1 Å². The van der Waals surface area contributed by atoms with Crippen LogP contribution < -0.4 is 15.5 Å². The second kappa shape index (κ2) is 9.96. The normalized spacial score (nSPS) is 17.4. The van der Waals surface area contributed by atoms with Gasteiger partial charge >= 0.3 is 0 Å². The molecular weight excluding hydrogens is 416 g/mol. The van der Waals surface area contributed by atoms with Crippen LogP contribution in [0.5, 0.6) is 0 Å². The van der Waals surface area contributed by atoms with Gasteiger partial charge in [-0.1, -0.05) is 26.0 Å². The number of halogens is 1. The van der Waals surface area contributed by atoms with Gasteiger partial charge in [-0.2, -0.15) is 0 Å². The highest BCUT2D eigenvalue weighted by atomic mass is 79.9. The number of anilines is 1. The summed E-state index contributed by atoms with van der Waals surface area (Å²) in [5.41, 5.74) is 1.25. The minimum Gasteiger partial charge on any atom is -0.368 e. The van der Waals surface area contributed by atoms with Crippen LogP contribution in [-0.2, 0) is 13.1 Å². The van der Waals surface area contributed by atoms with Crippen molar-refractivity contribution in [3.8, 4) is 0 Å². The molecule has 0 radical (unpaired) electrons. The van der Waals surface area contributed by atoms with Gasteiger partial charge in [-0.05, 0) is 47.3 Å². The molecule has 0 spiro atoms. The maximum atomic E-state index is 4.79. The zero-order chi connectivity index (χ0) is 19.9. The van der Waals surface area contributed by atoms with E-state index in [2.05, 4.69) is 86.1 Å². The first-order valence-corrected chi connectivity index (χ1v) is 10.9. The smallest absolute Gasteiger partial charge is 0.191 e. The maximum Gasteiger partial charge on any atom is 0.191 e. The number of hydrogen-bond donors (Lipinski definition) is 2. The quantitative estimate of drug-likeness (QED) is 0.503. The number of rotatable bonds is 7. The van der Waals surface area contributed by atoms with Gasteiger partial charge in [-0.15, -0.1) is 0 Å². The lowest BCUT2D eigenvalue weighted by atomic mass is 10.2. The second-order valence-electron chi connectivity index (χ2n) is 7.61. The fourth-order valence-electron chi connectivity index (χ4n) is 3.52. The number of aromatic nitrogens is 2.